The van der Waals surface area contributed by atoms with Crippen LogP contribution in [0.1, 0.15) is 18.9 Å². The fourth-order valence-corrected chi connectivity index (χ4v) is 1.17. The summed E-state index contributed by atoms with van der Waals surface area (Å²) >= 11 is 0. The Morgan fingerprint density at radius 2 is 2.27 bits per heavy atom. The van der Waals surface area contributed by atoms with E-state index in [2.05, 4.69) is 5.32 Å². The molecule has 0 heterocycles. The van der Waals surface area contributed by atoms with Crippen molar-refractivity contribution in [2.75, 3.05) is 13.2 Å². The molecule has 0 aromatic heterocycles. The Bertz CT molecular complexity index is 323. The van der Waals surface area contributed by atoms with Crippen LogP contribution in [0.25, 0.3) is 0 Å². The maximum absolute atomic E-state index is 11.2. The smallest absolute Gasteiger partial charge is 0.257 e. The first-order valence-corrected chi connectivity index (χ1v) is 5.18. The second kappa shape index (κ2) is 6.06. The standard InChI is InChI=1S/C12H17NO2/c1-3-7-13-12(14)9-15-11-6-4-5-10(2)8-11/h4-6,8H,3,7,9H2,1-2H3,(H,13,14). The molecule has 1 aromatic rings. The molecule has 15 heavy (non-hydrogen) atoms. The average Bonchev–Trinajstić information content (AvgIpc) is 2.23. The fourth-order valence-electron chi connectivity index (χ4n) is 1.17. The summed E-state index contributed by atoms with van der Waals surface area (Å²) in [5.74, 6) is 0.667. The molecule has 0 radical (unpaired) electrons. The van der Waals surface area contributed by atoms with Crippen molar-refractivity contribution in [2.24, 2.45) is 0 Å². The van der Waals surface area contributed by atoms with Crippen LogP contribution in [0, 0.1) is 6.92 Å². The zero-order valence-electron chi connectivity index (χ0n) is 9.25. The van der Waals surface area contributed by atoms with Gasteiger partial charge in [0.25, 0.3) is 5.91 Å². The molecule has 3 heteroatoms. The maximum Gasteiger partial charge on any atom is 0.257 e. The average molecular weight is 207 g/mol. The van der Waals surface area contributed by atoms with Crippen molar-refractivity contribution >= 4 is 5.91 Å². The normalized spacial score (nSPS) is 9.73. The van der Waals surface area contributed by atoms with Gasteiger partial charge in [-0.2, -0.15) is 0 Å². The summed E-state index contributed by atoms with van der Waals surface area (Å²) in [5, 5.41) is 2.75. The van der Waals surface area contributed by atoms with E-state index in [4.69, 9.17) is 4.74 Å². The number of aryl methyl sites for hydroxylation is 1. The molecule has 1 rings (SSSR count). The maximum atomic E-state index is 11.2. The lowest BCUT2D eigenvalue weighted by atomic mass is 10.2. The molecule has 82 valence electrons. The molecule has 0 aliphatic heterocycles. The van der Waals surface area contributed by atoms with Gasteiger partial charge in [-0.3, -0.25) is 4.79 Å². The van der Waals surface area contributed by atoms with E-state index in [0.717, 1.165) is 17.7 Å². The van der Waals surface area contributed by atoms with E-state index in [0.29, 0.717) is 6.54 Å². The van der Waals surface area contributed by atoms with Crippen molar-refractivity contribution in [3.63, 3.8) is 0 Å². The molecule has 0 saturated heterocycles. The van der Waals surface area contributed by atoms with E-state index in [1.54, 1.807) is 0 Å². The highest BCUT2D eigenvalue weighted by molar-refractivity contribution is 5.77. The fraction of sp³-hybridized carbons (Fsp3) is 0.417. The van der Waals surface area contributed by atoms with E-state index in [1.807, 2.05) is 38.1 Å². The highest BCUT2D eigenvalue weighted by Crippen LogP contribution is 2.11. The first-order valence-electron chi connectivity index (χ1n) is 5.18. The topological polar surface area (TPSA) is 38.3 Å². The molecular formula is C12H17NO2. The molecule has 1 N–H and O–H groups in total. The van der Waals surface area contributed by atoms with Gasteiger partial charge >= 0.3 is 0 Å². The van der Waals surface area contributed by atoms with Crippen LogP contribution < -0.4 is 10.1 Å². The molecule has 1 aromatic carbocycles. The number of hydrogen-bond donors (Lipinski definition) is 1. The number of carbonyl (C=O) groups excluding carboxylic acids is 1. The Morgan fingerprint density at radius 1 is 1.47 bits per heavy atom. The zero-order chi connectivity index (χ0) is 11.1. The van der Waals surface area contributed by atoms with Gasteiger partial charge in [-0.25, -0.2) is 0 Å². The SMILES string of the molecule is CCCNC(=O)COc1cccc(C)c1. The first kappa shape index (κ1) is 11.6. The molecule has 3 nitrogen and oxygen atoms in total. The third kappa shape index (κ3) is 4.49. The van der Waals surface area contributed by atoms with Crippen LogP contribution in [-0.4, -0.2) is 19.1 Å². The molecule has 0 unspecified atom stereocenters. The van der Waals surface area contributed by atoms with Crippen molar-refractivity contribution < 1.29 is 9.53 Å². The molecule has 1 amide bonds. The van der Waals surface area contributed by atoms with E-state index < -0.39 is 0 Å². The van der Waals surface area contributed by atoms with Crippen molar-refractivity contribution in [3.05, 3.63) is 29.8 Å². The van der Waals surface area contributed by atoms with Crippen molar-refractivity contribution in [1.29, 1.82) is 0 Å². The minimum absolute atomic E-state index is 0.0710. The highest BCUT2D eigenvalue weighted by atomic mass is 16.5. The third-order valence-corrected chi connectivity index (χ3v) is 1.93. The van der Waals surface area contributed by atoms with Crippen LogP contribution in [0.3, 0.4) is 0 Å². The van der Waals surface area contributed by atoms with Crippen LogP contribution in [0.15, 0.2) is 24.3 Å². The molecule has 0 atom stereocenters. The predicted octanol–water partition coefficient (Wildman–Crippen LogP) is 1.90. The number of benzene rings is 1. The van der Waals surface area contributed by atoms with Gasteiger partial charge in [0.05, 0.1) is 0 Å². The van der Waals surface area contributed by atoms with Crippen molar-refractivity contribution in [3.8, 4) is 5.75 Å². The molecule has 0 aliphatic carbocycles. The summed E-state index contributed by atoms with van der Waals surface area (Å²) in [6, 6.07) is 7.66. The summed E-state index contributed by atoms with van der Waals surface area (Å²) in [5.41, 5.74) is 1.13. The van der Waals surface area contributed by atoms with Crippen molar-refractivity contribution in [1.82, 2.24) is 5.32 Å². The van der Waals surface area contributed by atoms with Crippen molar-refractivity contribution in [2.45, 2.75) is 20.3 Å². The molecule has 0 aliphatic rings. The second-order valence-electron chi connectivity index (χ2n) is 3.46. The largest absolute Gasteiger partial charge is 0.484 e. The Morgan fingerprint density at radius 3 is 2.93 bits per heavy atom. The lowest BCUT2D eigenvalue weighted by Crippen LogP contribution is -2.29. The van der Waals surface area contributed by atoms with E-state index in [-0.39, 0.29) is 12.5 Å². The first-order chi connectivity index (χ1) is 7.22. The summed E-state index contributed by atoms with van der Waals surface area (Å²) in [6.07, 6.45) is 0.941. The van der Waals surface area contributed by atoms with Crippen LogP contribution >= 0.6 is 0 Å². The number of ether oxygens (including phenoxy) is 1. The minimum Gasteiger partial charge on any atom is -0.484 e. The summed E-state index contributed by atoms with van der Waals surface area (Å²) in [4.78, 5) is 11.2. The Labute approximate surface area is 90.4 Å². The number of carbonyl (C=O) groups is 1. The Balaban J connectivity index is 2.33. The number of rotatable bonds is 5. The minimum atomic E-state index is -0.0710. The second-order valence-corrected chi connectivity index (χ2v) is 3.46. The number of nitrogens with one attached hydrogen (secondary N) is 1. The van der Waals surface area contributed by atoms with E-state index in [1.165, 1.54) is 0 Å². The summed E-state index contributed by atoms with van der Waals surface area (Å²) in [7, 11) is 0. The monoisotopic (exact) mass is 207 g/mol. The lowest BCUT2D eigenvalue weighted by Gasteiger charge is -2.06. The van der Waals surface area contributed by atoms with Crippen LogP contribution in [0.5, 0.6) is 5.75 Å². The van der Waals surface area contributed by atoms with Gasteiger partial charge in [-0.15, -0.1) is 0 Å². The van der Waals surface area contributed by atoms with E-state index >= 15 is 0 Å². The molecule has 0 spiro atoms. The zero-order valence-corrected chi connectivity index (χ0v) is 9.25. The van der Waals surface area contributed by atoms with Gasteiger partial charge in [0, 0.05) is 6.54 Å². The quantitative estimate of drug-likeness (QED) is 0.800. The van der Waals surface area contributed by atoms with E-state index in [9.17, 15) is 4.79 Å². The summed E-state index contributed by atoms with van der Waals surface area (Å²) < 4.78 is 5.33. The number of amides is 1. The van der Waals surface area contributed by atoms with Gasteiger partial charge in [-0.1, -0.05) is 19.1 Å². The highest BCUT2D eigenvalue weighted by Gasteiger charge is 2.00. The summed E-state index contributed by atoms with van der Waals surface area (Å²) in [6.45, 7) is 4.80. The van der Waals surface area contributed by atoms with Gasteiger partial charge in [0.1, 0.15) is 5.75 Å². The Hall–Kier alpha value is -1.51. The third-order valence-electron chi connectivity index (χ3n) is 1.93. The molecule has 0 fully saturated rings. The molecule has 0 bridgehead atoms. The van der Waals surface area contributed by atoms with Gasteiger partial charge in [0.2, 0.25) is 0 Å². The van der Waals surface area contributed by atoms with Gasteiger partial charge < -0.3 is 10.1 Å². The molecular weight excluding hydrogens is 190 g/mol. The van der Waals surface area contributed by atoms with Gasteiger partial charge in [0.15, 0.2) is 6.61 Å². The van der Waals surface area contributed by atoms with Crippen LogP contribution in [0.2, 0.25) is 0 Å². The lowest BCUT2D eigenvalue weighted by molar-refractivity contribution is -0.123. The molecule has 0 saturated carbocycles. The number of hydrogen-bond acceptors (Lipinski definition) is 2. The van der Waals surface area contributed by atoms with Crippen LogP contribution in [0.4, 0.5) is 0 Å². The van der Waals surface area contributed by atoms with Crippen LogP contribution in [-0.2, 0) is 4.79 Å². The Kier molecular flexibility index (Phi) is 4.68. The van der Waals surface area contributed by atoms with Gasteiger partial charge in [-0.05, 0) is 31.0 Å². The predicted molar refractivity (Wildman–Crippen MR) is 60.0 cm³/mol.